The molecule has 1 fully saturated rings. The molecule has 0 aromatic heterocycles. The summed E-state index contributed by atoms with van der Waals surface area (Å²) in [5.41, 5.74) is 0.671. The van der Waals surface area contributed by atoms with Crippen LogP contribution in [0.3, 0.4) is 0 Å². The SMILES string of the molecule is O=C(OCC1O[C@@H](O)C(OC(=O)c2ccccc2)C(O)[C@H]1OC(=O)c1ccccc1)c1ccccc1. The van der Waals surface area contributed by atoms with Gasteiger partial charge in [0.05, 0.1) is 16.7 Å². The maximum Gasteiger partial charge on any atom is 0.338 e. The van der Waals surface area contributed by atoms with E-state index in [-0.39, 0.29) is 16.7 Å². The van der Waals surface area contributed by atoms with Gasteiger partial charge in [-0.2, -0.15) is 0 Å². The van der Waals surface area contributed by atoms with Crippen LogP contribution < -0.4 is 0 Å². The smallest absolute Gasteiger partial charge is 0.338 e. The maximum atomic E-state index is 12.7. The van der Waals surface area contributed by atoms with Gasteiger partial charge in [-0.05, 0) is 36.4 Å². The molecule has 1 saturated heterocycles. The summed E-state index contributed by atoms with van der Waals surface area (Å²) in [6, 6.07) is 24.2. The third kappa shape index (κ3) is 5.95. The van der Waals surface area contributed by atoms with E-state index in [1.54, 1.807) is 66.7 Å². The molecule has 9 nitrogen and oxygen atoms in total. The minimum Gasteiger partial charge on any atom is -0.459 e. The zero-order chi connectivity index (χ0) is 25.5. The summed E-state index contributed by atoms with van der Waals surface area (Å²) < 4.78 is 21.6. The lowest BCUT2D eigenvalue weighted by Crippen LogP contribution is -2.61. The van der Waals surface area contributed by atoms with Gasteiger partial charge in [-0.15, -0.1) is 0 Å². The van der Waals surface area contributed by atoms with Crippen LogP contribution in [0.5, 0.6) is 0 Å². The molecule has 36 heavy (non-hydrogen) atoms. The van der Waals surface area contributed by atoms with Gasteiger partial charge in [0, 0.05) is 0 Å². The van der Waals surface area contributed by atoms with Crippen molar-refractivity contribution in [2.75, 3.05) is 6.61 Å². The normalized spacial score (nSPS) is 23.3. The Bertz CT molecular complexity index is 1170. The molecule has 0 bridgehead atoms. The van der Waals surface area contributed by atoms with Crippen molar-refractivity contribution in [3.8, 4) is 0 Å². The molecule has 0 aliphatic carbocycles. The molecule has 5 atom stereocenters. The van der Waals surface area contributed by atoms with E-state index >= 15 is 0 Å². The molecule has 3 unspecified atom stereocenters. The van der Waals surface area contributed by atoms with Gasteiger partial charge in [0.15, 0.2) is 18.5 Å². The third-order valence-corrected chi connectivity index (χ3v) is 5.53. The maximum absolute atomic E-state index is 12.7. The average molecular weight is 492 g/mol. The van der Waals surface area contributed by atoms with E-state index in [4.69, 9.17) is 18.9 Å². The lowest BCUT2D eigenvalue weighted by molar-refractivity contribution is -0.284. The van der Waals surface area contributed by atoms with Crippen LogP contribution in [0, 0.1) is 0 Å². The highest BCUT2D eigenvalue weighted by Crippen LogP contribution is 2.27. The fourth-order valence-electron chi connectivity index (χ4n) is 3.66. The molecule has 186 valence electrons. The molecule has 1 aliphatic heterocycles. The minimum absolute atomic E-state index is 0.189. The predicted molar refractivity (Wildman–Crippen MR) is 125 cm³/mol. The van der Waals surface area contributed by atoms with E-state index < -0.39 is 55.2 Å². The van der Waals surface area contributed by atoms with Gasteiger partial charge in [0.2, 0.25) is 0 Å². The Morgan fingerprint density at radius 3 is 1.53 bits per heavy atom. The van der Waals surface area contributed by atoms with E-state index in [0.717, 1.165) is 0 Å². The van der Waals surface area contributed by atoms with Crippen LogP contribution in [-0.2, 0) is 18.9 Å². The summed E-state index contributed by atoms with van der Waals surface area (Å²) in [7, 11) is 0. The second kappa shape index (κ2) is 11.6. The topological polar surface area (TPSA) is 129 Å². The van der Waals surface area contributed by atoms with E-state index in [1.807, 2.05) is 0 Å². The highest BCUT2D eigenvalue weighted by atomic mass is 16.7. The summed E-state index contributed by atoms with van der Waals surface area (Å²) in [6.45, 7) is -0.450. The van der Waals surface area contributed by atoms with Crippen molar-refractivity contribution in [1.29, 1.82) is 0 Å². The van der Waals surface area contributed by atoms with Gasteiger partial charge in [-0.1, -0.05) is 54.6 Å². The van der Waals surface area contributed by atoms with Crippen LogP contribution in [0.4, 0.5) is 0 Å². The van der Waals surface area contributed by atoms with Crippen LogP contribution in [0.25, 0.3) is 0 Å². The number of benzene rings is 3. The molecule has 0 amide bonds. The Hall–Kier alpha value is -4.05. The van der Waals surface area contributed by atoms with Gasteiger partial charge < -0.3 is 29.2 Å². The molecular formula is C27H24O9. The summed E-state index contributed by atoms with van der Waals surface area (Å²) in [5.74, 6) is -2.27. The van der Waals surface area contributed by atoms with E-state index in [2.05, 4.69) is 0 Å². The van der Waals surface area contributed by atoms with Crippen LogP contribution in [0.15, 0.2) is 91.0 Å². The second-order valence-electron chi connectivity index (χ2n) is 7.99. The Balaban J connectivity index is 1.52. The zero-order valence-electron chi connectivity index (χ0n) is 19.0. The highest BCUT2D eigenvalue weighted by molar-refractivity contribution is 5.90. The van der Waals surface area contributed by atoms with Crippen LogP contribution in [0.2, 0.25) is 0 Å². The fourth-order valence-corrected chi connectivity index (χ4v) is 3.66. The number of esters is 3. The lowest BCUT2D eigenvalue weighted by Gasteiger charge is -2.41. The average Bonchev–Trinajstić information content (AvgIpc) is 2.92. The summed E-state index contributed by atoms with van der Waals surface area (Å²) in [6.07, 6.45) is -7.72. The van der Waals surface area contributed by atoms with Gasteiger partial charge in [-0.3, -0.25) is 0 Å². The predicted octanol–water partition coefficient (Wildman–Crippen LogP) is 2.37. The first kappa shape index (κ1) is 25.1. The summed E-state index contributed by atoms with van der Waals surface area (Å²) >= 11 is 0. The van der Waals surface area contributed by atoms with Crippen molar-refractivity contribution in [3.05, 3.63) is 108 Å². The molecule has 0 radical (unpaired) electrons. The molecule has 1 heterocycles. The summed E-state index contributed by atoms with van der Waals surface area (Å²) in [4.78, 5) is 37.6. The quantitative estimate of drug-likeness (QED) is 0.377. The number of rotatable bonds is 7. The molecule has 9 heteroatoms. The van der Waals surface area contributed by atoms with Crippen LogP contribution in [0.1, 0.15) is 31.1 Å². The van der Waals surface area contributed by atoms with E-state index in [9.17, 15) is 24.6 Å². The fraction of sp³-hybridized carbons (Fsp3) is 0.222. The molecule has 0 spiro atoms. The number of carbonyl (C=O) groups excluding carboxylic acids is 3. The van der Waals surface area contributed by atoms with Crippen LogP contribution >= 0.6 is 0 Å². The number of aliphatic hydroxyl groups is 2. The third-order valence-electron chi connectivity index (χ3n) is 5.53. The Morgan fingerprint density at radius 2 is 1.06 bits per heavy atom. The van der Waals surface area contributed by atoms with Crippen molar-refractivity contribution in [2.45, 2.75) is 30.7 Å². The standard InChI is InChI=1S/C27H24O9/c28-21-22(35-25(30)18-12-6-2-7-13-18)20(16-33-24(29)17-10-4-1-5-11-17)34-27(32)23(21)36-26(31)19-14-8-3-9-15-19/h1-15,20-23,27-28,32H,16H2/t20?,21?,22-,23?,27+/m0/s1. The molecule has 1 aliphatic rings. The van der Waals surface area contributed by atoms with E-state index in [0.29, 0.717) is 0 Å². The molecule has 0 saturated carbocycles. The van der Waals surface area contributed by atoms with Gasteiger partial charge in [0.25, 0.3) is 0 Å². The number of hydrogen-bond donors (Lipinski definition) is 2. The first-order chi connectivity index (χ1) is 17.4. The minimum atomic E-state index is -1.78. The molecule has 3 aromatic rings. The lowest BCUT2D eigenvalue weighted by atomic mass is 9.98. The number of carbonyl (C=O) groups is 3. The molecule has 3 aromatic carbocycles. The molecular weight excluding hydrogens is 468 g/mol. The number of ether oxygens (including phenoxy) is 4. The van der Waals surface area contributed by atoms with Gasteiger partial charge >= 0.3 is 17.9 Å². The van der Waals surface area contributed by atoms with Crippen molar-refractivity contribution in [2.24, 2.45) is 0 Å². The van der Waals surface area contributed by atoms with Gasteiger partial charge in [0.1, 0.15) is 18.8 Å². The Kier molecular flexibility index (Phi) is 8.06. The van der Waals surface area contributed by atoms with Crippen molar-refractivity contribution in [3.63, 3.8) is 0 Å². The molecule has 4 rings (SSSR count). The highest BCUT2D eigenvalue weighted by Gasteiger charge is 2.49. The van der Waals surface area contributed by atoms with Crippen LogP contribution in [-0.4, -0.2) is 65.4 Å². The monoisotopic (exact) mass is 492 g/mol. The first-order valence-electron chi connectivity index (χ1n) is 11.2. The first-order valence-corrected chi connectivity index (χ1v) is 11.2. The Morgan fingerprint density at radius 1 is 0.639 bits per heavy atom. The van der Waals surface area contributed by atoms with Crippen molar-refractivity contribution >= 4 is 17.9 Å². The van der Waals surface area contributed by atoms with Crippen molar-refractivity contribution in [1.82, 2.24) is 0 Å². The van der Waals surface area contributed by atoms with Crippen molar-refractivity contribution < 1.29 is 43.5 Å². The largest absolute Gasteiger partial charge is 0.459 e. The second-order valence-corrected chi connectivity index (χ2v) is 7.99. The Labute approximate surface area is 206 Å². The number of aliphatic hydroxyl groups excluding tert-OH is 2. The summed E-state index contributed by atoms with van der Waals surface area (Å²) in [5, 5.41) is 21.5. The molecule has 2 N–H and O–H groups in total. The van der Waals surface area contributed by atoms with Gasteiger partial charge in [-0.25, -0.2) is 14.4 Å². The zero-order valence-corrected chi connectivity index (χ0v) is 19.0. The number of hydrogen-bond acceptors (Lipinski definition) is 9. The van der Waals surface area contributed by atoms with E-state index in [1.165, 1.54) is 24.3 Å².